The molecule has 0 aromatic carbocycles. The fraction of sp³-hybridized carbons (Fsp3) is 0.727. The van der Waals surface area contributed by atoms with Crippen LogP contribution in [0.3, 0.4) is 0 Å². The zero-order valence-electron chi connectivity index (χ0n) is 9.63. The first-order chi connectivity index (χ1) is 7.28. The molecule has 1 aliphatic rings. The summed E-state index contributed by atoms with van der Waals surface area (Å²) in [7, 11) is 1.67. The molecule has 0 atom stereocenters. The van der Waals surface area contributed by atoms with E-state index < -0.39 is 0 Å². The lowest BCUT2D eigenvalue weighted by Crippen LogP contribution is -2.28. The SMILES string of the molecule is COc1cnn(CC2CCC(N)CC2)c1.Cl. The van der Waals surface area contributed by atoms with Crippen molar-refractivity contribution in [3.05, 3.63) is 12.4 Å². The van der Waals surface area contributed by atoms with Gasteiger partial charge in [-0.2, -0.15) is 5.10 Å². The van der Waals surface area contributed by atoms with E-state index >= 15 is 0 Å². The summed E-state index contributed by atoms with van der Waals surface area (Å²) >= 11 is 0. The van der Waals surface area contributed by atoms with Crippen LogP contribution in [0.4, 0.5) is 0 Å². The second kappa shape index (κ2) is 6.11. The third-order valence-electron chi connectivity index (χ3n) is 3.18. The highest BCUT2D eigenvalue weighted by atomic mass is 35.5. The van der Waals surface area contributed by atoms with E-state index in [-0.39, 0.29) is 12.4 Å². The maximum Gasteiger partial charge on any atom is 0.156 e. The monoisotopic (exact) mass is 245 g/mol. The number of hydrogen-bond acceptors (Lipinski definition) is 3. The molecule has 2 rings (SSSR count). The highest BCUT2D eigenvalue weighted by Crippen LogP contribution is 2.24. The fourth-order valence-electron chi connectivity index (χ4n) is 2.19. The standard InChI is InChI=1S/C11H19N3O.ClH/c1-15-11-6-13-14(8-11)7-9-2-4-10(12)5-3-9;/h6,8-10H,2-5,7,12H2,1H3;1H. The predicted octanol–water partition coefficient (Wildman–Crippen LogP) is 1.83. The molecule has 1 saturated carbocycles. The molecule has 0 unspecified atom stereocenters. The summed E-state index contributed by atoms with van der Waals surface area (Å²) in [5.74, 6) is 1.57. The molecule has 1 heterocycles. The number of methoxy groups -OCH3 is 1. The van der Waals surface area contributed by atoms with Gasteiger partial charge in [0.2, 0.25) is 0 Å². The fourth-order valence-corrected chi connectivity index (χ4v) is 2.19. The smallest absolute Gasteiger partial charge is 0.156 e. The van der Waals surface area contributed by atoms with Crippen molar-refractivity contribution < 1.29 is 4.74 Å². The van der Waals surface area contributed by atoms with Crippen molar-refractivity contribution in [1.29, 1.82) is 0 Å². The van der Waals surface area contributed by atoms with Crippen molar-refractivity contribution in [3.63, 3.8) is 0 Å². The van der Waals surface area contributed by atoms with Gasteiger partial charge in [-0.25, -0.2) is 0 Å². The van der Waals surface area contributed by atoms with Crippen LogP contribution in [0.5, 0.6) is 5.75 Å². The van der Waals surface area contributed by atoms with E-state index in [0.717, 1.165) is 31.1 Å². The molecule has 0 saturated heterocycles. The Balaban J connectivity index is 0.00000128. The van der Waals surface area contributed by atoms with Crippen LogP contribution in [0.1, 0.15) is 25.7 Å². The molecular weight excluding hydrogens is 226 g/mol. The van der Waals surface area contributed by atoms with Crippen molar-refractivity contribution in [2.45, 2.75) is 38.3 Å². The average molecular weight is 246 g/mol. The number of ether oxygens (including phenoxy) is 1. The maximum atomic E-state index is 5.87. The Morgan fingerprint density at radius 1 is 1.44 bits per heavy atom. The average Bonchev–Trinajstić information content (AvgIpc) is 2.69. The van der Waals surface area contributed by atoms with E-state index in [4.69, 9.17) is 10.5 Å². The highest BCUT2D eigenvalue weighted by Gasteiger charge is 2.18. The number of rotatable bonds is 3. The molecule has 92 valence electrons. The summed E-state index contributed by atoms with van der Waals surface area (Å²) in [6.07, 6.45) is 8.47. The van der Waals surface area contributed by atoms with Crippen LogP contribution >= 0.6 is 12.4 Å². The summed E-state index contributed by atoms with van der Waals surface area (Å²) < 4.78 is 7.07. The van der Waals surface area contributed by atoms with Crippen LogP contribution in [-0.2, 0) is 6.54 Å². The maximum absolute atomic E-state index is 5.87. The lowest BCUT2D eigenvalue weighted by atomic mass is 9.86. The van der Waals surface area contributed by atoms with Crippen LogP contribution in [-0.4, -0.2) is 22.9 Å². The Labute approximate surface area is 103 Å². The molecule has 1 aliphatic carbocycles. The Morgan fingerprint density at radius 2 is 2.12 bits per heavy atom. The highest BCUT2D eigenvalue weighted by molar-refractivity contribution is 5.85. The van der Waals surface area contributed by atoms with Gasteiger partial charge in [-0.15, -0.1) is 12.4 Å². The second-order valence-electron chi connectivity index (χ2n) is 4.38. The lowest BCUT2D eigenvalue weighted by molar-refractivity contribution is 0.285. The van der Waals surface area contributed by atoms with E-state index in [1.807, 2.05) is 10.9 Å². The molecule has 5 heteroatoms. The summed E-state index contributed by atoms with van der Waals surface area (Å²) in [5.41, 5.74) is 5.87. The minimum absolute atomic E-state index is 0. The van der Waals surface area contributed by atoms with Gasteiger partial charge in [0.05, 0.1) is 19.5 Å². The lowest BCUT2D eigenvalue weighted by Gasteiger charge is -2.25. The van der Waals surface area contributed by atoms with Crippen molar-refractivity contribution in [2.24, 2.45) is 11.7 Å². The quantitative estimate of drug-likeness (QED) is 0.884. The second-order valence-corrected chi connectivity index (χ2v) is 4.38. The molecule has 4 nitrogen and oxygen atoms in total. The number of nitrogens with two attached hydrogens (primary N) is 1. The van der Waals surface area contributed by atoms with E-state index in [1.54, 1.807) is 13.3 Å². The zero-order chi connectivity index (χ0) is 10.7. The first kappa shape index (κ1) is 13.3. The number of hydrogen-bond donors (Lipinski definition) is 1. The van der Waals surface area contributed by atoms with Crippen molar-refractivity contribution in [1.82, 2.24) is 9.78 Å². The Kier molecular flexibility index (Phi) is 5.09. The van der Waals surface area contributed by atoms with E-state index in [2.05, 4.69) is 5.10 Å². The van der Waals surface area contributed by atoms with E-state index in [1.165, 1.54) is 12.8 Å². The minimum Gasteiger partial charge on any atom is -0.493 e. The number of aromatic nitrogens is 2. The third-order valence-corrected chi connectivity index (χ3v) is 3.18. The number of nitrogens with zero attached hydrogens (tertiary/aromatic N) is 2. The third kappa shape index (κ3) is 3.39. The minimum atomic E-state index is 0. The molecular formula is C11H20ClN3O. The summed E-state index contributed by atoms with van der Waals surface area (Å²) in [6, 6.07) is 0.424. The Morgan fingerprint density at radius 3 is 2.69 bits per heavy atom. The normalized spacial score (nSPS) is 24.9. The topological polar surface area (TPSA) is 53.1 Å². The van der Waals surface area contributed by atoms with Gasteiger partial charge in [0.25, 0.3) is 0 Å². The molecule has 0 bridgehead atoms. The first-order valence-electron chi connectivity index (χ1n) is 5.60. The molecule has 1 aromatic rings. The van der Waals surface area contributed by atoms with E-state index in [0.29, 0.717) is 6.04 Å². The molecule has 0 aliphatic heterocycles. The molecule has 0 radical (unpaired) electrons. The summed E-state index contributed by atoms with van der Waals surface area (Å²) in [6.45, 7) is 0.996. The molecule has 16 heavy (non-hydrogen) atoms. The van der Waals surface area contributed by atoms with Crippen LogP contribution in [0.25, 0.3) is 0 Å². The van der Waals surface area contributed by atoms with Gasteiger partial charge in [-0.3, -0.25) is 4.68 Å². The van der Waals surface area contributed by atoms with Gasteiger partial charge in [0.15, 0.2) is 5.75 Å². The Hall–Kier alpha value is -0.740. The van der Waals surface area contributed by atoms with Crippen LogP contribution in [0.15, 0.2) is 12.4 Å². The van der Waals surface area contributed by atoms with Crippen LogP contribution < -0.4 is 10.5 Å². The van der Waals surface area contributed by atoms with Gasteiger partial charge in [0, 0.05) is 12.6 Å². The van der Waals surface area contributed by atoms with Crippen molar-refractivity contribution >= 4 is 12.4 Å². The van der Waals surface area contributed by atoms with Gasteiger partial charge < -0.3 is 10.5 Å². The Bertz CT molecular complexity index is 308. The number of halogens is 1. The predicted molar refractivity (Wildman–Crippen MR) is 66.0 cm³/mol. The molecule has 0 amide bonds. The van der Waals surface area contributed by atoms with Crippen LogP contribution in [0, 0.1) is 5.92 Å². The van der Waals surface area contributed by atoms with Crippen molar-refractivity contribution in [3.8, 4) is 5.75 Å². The van der Waals surface area contributed by atoms with Gasteiger partial charge in [-0.1, -0.05) is 0 Å². The molecule has 1 aromatic heterocycles. The van der Waals surface area contributed by atoms with Crippen molar-refractivity contribution in [2.75, 3.05) is 7.11 Å². The van der Waals surface area contributed by atoms with Gasteiger partial charge in [0.1, 0.15) is 0 Å². The first-order valence-corrected chi connectivity index (χ1v) is 5.60. The molecule has 1 fully saturated rings. The van der Waals surface area contributed by atoms with Crippen LogP contribution in [0.2, 0.25) is 0 Å². The molecule has 0 spiro atoms. The summed E-state index contributed by atoms with van der Waals surface area (Å²) in [5, 5.41) is 4.26. The van der Waals surface area contributed by atoms with E-state index in [9.17, 15) is 0 Å². The largest absolute Gasteiger partial charge is 0.493 e. The molecule has 2 N–H and O–H groups in total. The summed E-state index contributed by atoms with van der Waals surface area (Å²) in [4.78, 5) is 0. The zero-order valence-corrected chi connectivity index (χ0v) is 10.4. The van der Waals surface area contributed by atoms with Gasteiger partial charge in [-0.05, 0) is 31.6 Å². The van der Waals surface area contributed by atoms with Gasteiger partial charge >= 0.3 is 0 Å².